The lowest BCUT2D eigenvalue weighted by molar-refractivity contribution is -0.941. The van der Waals surface area contributed by atoms with Gasteiger partial charge in [-0.2, -0.15) is 0 Å². The van der Waals surface area contributed by atoms with Crippen LogP contribution in [-0.4, -0.2) is 88.5 Å². The number of carbonyl (C=O) groups excluding carboxylic acids is 3. The van der Waals surface area contributed by atoms with Gasteiger partial charge < -0.3 is 57.2 Å². The summed E-state index contributed by atoms with van der Waals surface area (Å²) in [5, 5.41) is 22.8. The summed E-state index contributed by atoms with van der Waals surface area (Å²) in [6.07, 6.45) is 4.97. The zero-order valence-corrected chi connectivity index (χ0v) is 36.7. The van der Waals surface area contributed by atoms with E-state index in [1.807, 2.05) is 36.4 Å². The second-order valence-corrected chi connectivity index (χ2v) is 17.4. The maximum absolute atomic E-state index is 13.0. The van der Waals surface area contributed by atoms with Gasteiger partial charge in [0.15, 0.2) is 34.5 Å². The second kappa shape index (κ2) is 18.7. The first-order chi connectivity index (χ1) is 29.7. The van der Waals surface area contributed by atoms with Crippen molar-refractivity contribution in [2.24, 2.45) is 0 Å². The van der Waals surface area contributed by atoms with Crippen LogP contribution < -0.4 is 38.6 Å². The van der Waals surface area contributed by atoms with E-state index in [0.29, 0.717) is 94.3 Å². The third-order valence-electron chi connectivity index (χ3n) is 13.2. The molecule has 0 radical (unpaired) electrons. The van der Waals surface area contributed by atoms with Gasteiger partial charge in [-0.3, -0.25) is 4.79 Å². The predicted molar refractivity (Wildman–Crippen MR) is 227 cm³/mol. The highest BCUT2D eigenvalue weighted by molar-refractivity contribution is 5.74. The molecular formula is C49H58N2O11. The molecule has 13 nitrogen and oxygen atoms in total. The van der Waals surface area contributed by atoms with E-state index < -0.39 is 17.9 Å². The number of esters is 1. The highest BCUT2D eigenvalue weighted by Crippen LogP contribution is 2.54. The molecule has 4 unspecified atom stereocenters. The lowest BCUT2D eigenvalue weighted by Crippen LogP contribution is -2.52. The number of quaternary nitrogens is 2. The minimum Gasteiger partial charge on any atom is -0.550 e. The van der Waals surface area contributed by atoms with Gasteiger partial charge in [0.05, 0.1) is 67.2 Å². The first kappa shape index (κ1) is 44.3. The maximum Gasteiger partial charge on any atom is 0.308 e. The summed E-state index contributed by atoms with van der Waals surface area (Å²) < 4.78 is 38.9. The molecule has 4 aromatic carbocycles. The van der Waals surface area contributed by atoms with Gasteiger partial charge in [0.1, 0.15) is 17.8 Å². The van der Waals surface area contributed by atoms with Gasteiger partial charge in [-0.15, -0.1) is 0 Å². The number of rotatable bonds is 14. The standard InChI is InChI=1S/C49H58N2O11/c1-31(52)60-48-44(59-6)29-35-20-24-51(3,22-10-8-12-46(55)56)39-26-33-15-18-40(57-4)42(27-33)61-36-16-13-32(14-17-36)25-38-37-30-43(62-49(48)47(35)39)41(58-5)28-34(37)19-23-50(38,2)21-9-7-11-45(53)54/h13-18,27-30,38-39H,7-12,19-26H2,1-6H3. The summed E-state index contributed by atoms with van der Waals surface area (Å²) in [7, 11) is 9.21. The van der Waals surface area contributed by atoms with Crippen LogP contribution in [0.4, 0.5) is 0 Å². The molecule has 0 spiro atoms. The van der Waals surface area contributed by atoms with E-state index in [2.05, 4.69) is 38.4 Å². The average molecular weight is 851 g/mol. The molecule has 4 aliphatic heterocycles. The third kappa shape index (κ3) is 9.48. The molecule has 330 valence electrons. The van der Waals surface area contributed by atoms with Crippen molar-refractivity contribution in [3.05, 3.63) is 94.0 Å². The lowest BCUT2D eigenvalue weighted by Gasteiger charge is -2.47. The molecule has 0 amide bonds. The van der Waals surface area contributed by atoms with Crippen molar-refractivity contribution in [2.75, 3.05) is 61.6 Å². The van der Waals surface area contributed by atoms with Crippen LogP contribution in [0, 0.1) is 0 Å². The van der Waals surface area contributed by atoms with Crippen LogP contribution in [0.15, 0.2) is 60.7 Å². The van der Waals surface area contributed by atoms with Crippen molar-refractivity contribution in [1.29, 1.82) is 0 Å². The summed E-state index contributed by atoms with van der Waals surface area (Å²) in [6.45, 7) is 4.36. The second-order valence-electron chi connectivity index (χ2n) is 17.4. The largest absolute Gasteiger partial charge is 0.550 e. The van der Waals surface area contributed by atoms with E-state index in [1.54, 1.807) is 21.3 Å². The average Bonchev–Trinajstić information content (AvgIpc) is 3.24. The summed E-state index contributed by atoms with van der Waals surface area (Å²) in [6, 6.07) is 19.8. The fourth-order valence-electron chi connectivity index (χ4n) is 9.82. The van der Waals surface area contributed by atoms with Crippen LogP contribution in [0.25, 0.3) is 0 Å². The molecule has 4 heterocycles. The normalized spacial score (nSPS) is 21.3. The molecule has 0 aliphatic carbocycles. The Bertz CT molecular complexity index is 2310. The van der Waals surface area contributed by atoms with E-state index in [1.165, 1.54) is 6.92 Å². The highest BCUT2D eigenvalue weighted by atomic mass is 16.6. The van der Waals surface area contributed by atoms with Crippen molar-refractivity contribution in [2.45, 2.75) is 83.2 Å². The number of carbonyl (C=O) groups is 3. The van der Waals surface area contributed by atoms with Crippen LogP contribution in [0.1, 0.15) is 90.9 Å². The van der Waals surface area contributed by atoms with Gasteiger partial charge in [0.25, 0.3) is 0 Å². The topological polar surface area (TPSA) is 153 Å². The number of fused-ring (bicyclic) bond motifs is 2. The number of carboxylic acid groups (broad SMARTS) is 2. The number of likely N-dealkylation sites (N-methyl/N-ethyl adjacent to an activating group) is 2. The number of carboxylic acids is 2. The first-order valence-electron chi connectivity index (χ1n) is 21.6. The van der Waals surface area contributed by atoms with Crippen molar-refractivity contribution >= 4 is 17.9 Å². The fraction of sp³-hybridized carbons (Fsp3) is 0.449. The van der Waals surface area contributed by atoms with Crippen LogP contribution in [-0.2, 0) is 40.1 Å². The molecule has 0 saturated carbocycles. The molecule has 62 heavy (non-hydrogen) atoms. The lowest BCUT2D eigenvalue weighted by atomic mass is 9.84. The van der Waals surface area contributed by atoms with Crippen molar-refractivity contribution in [3.63, 3.8) is 0 Å². The summed E-state index contributed by atoms with van der Waals surface area (Å²) in [5.74, 6) is 0.991. The number of benzene rings is 4. The van der Waals surface area contributed by atoms with Crippen molar-refractivity contribution < 1.29 is 62.0 Å². The van der Waals surface area contributed by atoms with Crippen LogP contribution in [0.2, 0.25) is 0 Å². The Morgan fingerprint density at radius 3 is 1.84 bits per heavy atom. The summed E-state index contributed by atoms with van der Waals surface area (Å²) in [5.41, 5.74) is 6.14. The zero-order valence-electron chi connectivity index (χ0n) is 36.7. The Labute approximate surface area is 363 Å². The third-order valence-corrected chi connectivity index (χ3v) is 13.2. The van der Waals surface area contributed by atoms with Crippen molar-refractivity contribution in [3.8, 4) is 46.0 Å². The summed E-state index contributed by atoms with van der Waals surface area (Å²) >= 11 is 0. The molecule has 0 aromatic heterocycles. The van der Waals surface area contributed by atoms with Gasteiger partial charge >= 0.3 is 5.97 Å². The fourth-order valence-corrected chi connectivity index (χ4v) is 9.82. The van der Waals surface area contributed by atoms with Crippen LogP contribution >= 0.6 is 0 Å². The number of aliphatic carboxylic acids is 2. The van der Waals surface area contributed by atoms with Gasteiger partial charge in [-0.05, 0) is 103 Å². The Kier molecular flexibility index (Phi) is 13.3. The molecule has 8 rings (SSSR count). The molecule has 4 aromatic rings. The zero-order chi connectivity index (χ0) is 44.2. The Hall–Kier alpha value is -5.79. The van der Waals surface area contributed by atoms with Gasteiger partial charge in [0.2, 0.25) is 5.75 Å². The van der Waals surface area contributed by atoms with E-state index >= 15 is 0 Å². The molecule has 0 fully saturated rings. The van der Waals surface area contributed by atoms with Gasteiger partial charge in [-0.25, -0.2) is 0 Å². The van der Waals surface area contributed by atoms with Crippen LogP contribution in [0.3, 0.4) is 0 Å². The molecule has 0 N–H and O–H groups in total. The van der Waals surface area contributed by atoms with Crippen LogP contribution in [0.5, 0.6) is 46.0 Å². The van der Waals surface area contributed by atoms with E-state index in [4.69, 9.17) is 28.4 Å². The van der Waals surface area contributed by atoms with E-state index in [9.17, 15) is 24.6 Å². The van der Waals surface area contributed by atoms with E-state index in [-0.39, 0.29) is 30.7 Å². The molecular weight excluding hydrogens is 793 g/mol. The number of hydrogen-bond acceptors (Lipinski definition) is 11. The number of hydrogen-bond donors (Lipinski definition) is 0. The number of methoxy groups -OCH3 is 3. The molecule has 4 atom stereocenters. The van der Waals surface area contributed by atoms with E-state index in [0.717, 1.165) is 65.9 Å². The minimum atomic E-state index is -1.07. The Balaban J connectivity index is 1.47. The highest BCUT2D eigenvalue weighted by Gasteiger charge is 2.44. The number of unbranched alkanes of at least 4 members (excludes halogenated alkanes) is 2. The smallest absolute Gasteiger partial charge is 0.308 e. The van der Waals surface area contributed by atoms with Gasteiger partial charge in [-0.1, -0.05) is 18.2 Å². The molecule has 13 heteroatoms. The quantitative estimate of drug-likeness (QED) is 0.0641. The predicted octanol–water partition coefficient (Wildman–Crippen LogP) is 5.95. The molecule has 6 bridgehead atoms. The number of nitrogens with zero attached hydrogens (tertiary/aromatic N) is 2. The van der Waals surface area contributed by atoms with Gasteiger partial charge in [0, 0.05) is 50.1 Å². The molecule has 4 aliphatic rings. The Morgan fingerprint density at radius 2 is 1.23 bits per heavy atom. The monoisotopic (exact) mass is 850 g/mol. The first-order valence-corrected chi connectivity index (χ1v) is 21.6. The minimum absolute atomic E-state index is 0.0136. The maximum atomic E-state index is 13.0. The van der Waals surface area contributed by atoms with Crippen molar-refractivity contribution in [1.82, 2.24) is 0 Å². The Morgan fingerprint density at radius 1 is 0.661 bits per heavy atom. The number of ether oxygens (including phenoxy) is 6. The summed E-state index contributed by atoms with van der Waals surface area (Å²) in [4.78, 5) is 35.8. The molecule has 0 saturated heterocycles. The SMILES string of the molecule is COc1ccc2cc1Oc1ccc(cc1)CC1c3cc(c(OC)cc3CC[N+]1(C)CCCCC(=O)[O-])Oc1c(OC(C)=O)c(OC)cc3c1C(C2)[N+](C)(CCCCC(=O)[O-])CC3.